The van der Waals surface area contributed by atoms with Crippen molar-refractivity contribution in [2.24, 2.45) is 11.5 Å². The van der Waals surface area contributed by atoms with Crippen LogP contribution < -0.4 is 42.6 Å². The number of nitrogen functional groups attached to an aromatic ring is 1. The van der Waals surface area contributed by atoms with E-state index in [4.69, 9.17) is 38.3 Å². The number of nitrogens with one attached hydrogen (secondary N) is 3. The predicted octanol–water partition coefficient (Wildman–Crippen LogP) is 2.64. The molecule has 0 fully saturated rings. The molecule has 0 unspecified atom stereocenters. The highest BCUT2D eigenvalue weighted by molar-refractivity contribution is 6.34. The molecule has 3 aromatic carbocycles. The van der Waals surface area contributed by atoms with Gasteiger partial charge in [0.1, 0.15) is 48.0 Å². The summed E-state index contributed by atoms with van der Waals surface area (Å²) < 4.78 is 11.9. The van der Waals surface area contributed by atoms with E-state index in [0.29, 0.717) is 29.8 Å². The number of carbonyl (C=O) groups is 5. The maximum atomic E-state index is 14.4. The lowest BCUT2D eigenvalue weighted by molar-refractivity contribution is -0.142. The Morgan fingerprint density at radius 2 is 1.69 bits per heavy atom. The molecule has 4 amide bonds. The van der Waals surface area contributed by atoms with Gasteiger partial charge in [-0.3, -0.25) is 19.2 Å². The number of pyridine rings is 1. The fourth-order valence-electron chi connectivity index (χ4n) is 6.86. The lowest BCUT2D eigenvalue weighted by atomic mass is 9.86. The molecule has 19 heteroatoms. The first-order chi connectivity index (χ1) is 30.2. The monoisotopic (exact) mass is 902 g/mol. The molecule has 64 heavy (non-hydrogen) atoms. The Balaban J connectivity index is 1.55. The Kier molecular flexibility index (Phi) is 15.8. The molecular weight excluding hydrogens is 848 g/mol. The van der Waals surface area contributed by atoms with Gasteiger partial charge in [0.2, 0.25) is 17.7 Å². The Morgan fingerprint density at radius 1 is 0.984 bits per heavy atom. The number of hydrogen-bond acceptors (Lipinski definition) is 13. The largest absolute Gasteiger partial charge is 0.504 e. The SMILES string of the molecule is C[C@@H]1NC(=O)[C@@H](N(C)C(=O)CNC(=O)c2c(Cl)cc(-c3ccc(C(C)(C)C)cc3)nc2N)c2cc(OC[C@H](O)CN)c(O)c(c2)-c2cc(ccc2OCCCN)C[C@@H](C(=O)O)NC1=O. The summed E-state index contributed by atoms with van der Waals surface area (Å²) in [5, 5.41) is 39.6. The topological polar surface area (TPSA) is 295 Å². The van der Waals surface area contributed by atoms with E-state index in [-0.39, 0.29) is 76.2 Å². The number of aliphatic hydroxyl groups excluding tert-OH is 1. The molecule has 18 nitrogen and oxygen atoms in total. The summed E-state index contributed by atoms with van der Waals surface area (Å²) in [5.41, 5.74) is 20.3. The number of phenols is 1. The summed E-state index contributed by atoms with van der Waals surface area (Å²) in [6, 6.07) is 12.2. The number of phenolic OH excluding ortho intramolecular Hbond substituents is 1. The third kappa shape index (κ3) is 11.6. The number of likely N-dealkylation sites (N-methyl/N-ethyl adjacent to an activating group) is 1. The Bertz CT molecular complexity index is 2370. The third-order valence-corrected chi connectivity index (χ3v) is 10.9. The fraction of sp³-hybridized carbons (Fsp3) is 0.378. The number of ether oxygens (including phenoxy) is 2. The number of aromatic nitrogens is 1. The van der Waals surface area contributed by atoms with Gasteiger partial charge >= 0.3 is 5.97 Å². The molecule has 1 aliphatic heterocycles. The minimum Gasteiger partial charge on any atom is -0.504 e. The normalized spacial score (nSPS) is 17.0. The van der Waals surface area contributed by atoms with Gasteiger partial charge in [-0.05, 0) is 72.3 Å². The quantitative estimate of drug-likeness (QED) is 0.0823. The second kappa shape index (κ2) is 20.8. The van der Waals surface area contributed by atoms with Gasteiger partial charge in [-0.2, -0.15) is 0 Å². The number of halogens is 1. The van der Waals surface area contributed by atoms with Crippen LogP contribution in [0.2, 0.25) is 5.02 Å². The number of carboxylic acids is 1. The number of fused-ring (bicyclic) bond motifs is 5. The number of aromatic hydroxyl groups is 1. The zero-order valence-electron chi connectivity index (χ0n) is 36.2. The van der Waals surface area contributed by atoms with Gasteiger partial charge in [0.25, 0.3) is 5.91 Å². The van der Waals surface area contributed by atoms with E-state index >= 15 is 0 Å². The molecular formula is C45H55ClN8O10. The minimum atomic E-state index is -1.59. The second-order valence-electron chi connectivity index (χ2n) is 16.4. The van der Waals surface area contributed by atoms with Crippen LogP contribution in [-0.4, -0.2) is 113 Å². The van der Waals surface area contributed by atoms with Gasteiger partial charge in [-0.25, -0.2) is 9.78 Å². The van der Waals surface area contributed by atoms with E-state index < -0.39 is 66.1 Å². The molecule has 342 valence electrons. The number of nitrogens with zero attached hydrogens (tertiary/aromatic N) is 2. The van der Waals surface area contributed by atoms with Crippen molar-refractivity contribution in [2.75, 3.05) is 45.6 Å². The lowest BCUT2D eigenvalue weighted by Crippen LogP contribution is -2.53. The molecule has 1 aliphatic rings. The van der Waals surface area contributed by atoms with Crippen molar-refractivity contribution < 1.29 is 48.8 Å². The summed E-state index contributed by atoms with van der Waals surface area (Å²) in [6.45, 7) is 6.83. The van der Waals surface area contributed by atoms with Crippen LogP contribution in [0.15, 0.2) is 60.7 Å². The zero-order chi connectivity index (χ0) is 47.0. The third-order valence-electron chi connectivity index (χ3n) is 10.6. The predicted molar refractivity (Wildman–Crippen MR) is 240 cm³/mol. The van der Waals surface area contributed by atoms with Gasteiger partial charge in [0, 0.05) is 36.7 Å². The summed E-state index contributed by atoms with van der Waals surface area (Å²) in [6.07, 6.45) is -0.892. The molecule has 4 bridgehead atoms. The van der Waals surface area contributed by atoms with Crippen molar-refractivity contribution in [3.8, 4) is 39.6 Å². The van der Waals surface area contributed by atoms with Crippen molar-refractivity contribution in [2.45, 2.75) is 70.2 Å². The van der Waals surface area contributed by atoms with E-state index in [1.165, 1.54) is 32.2 Å². The van der Waals surface area contributed by atoms with Crippen molar-refractivity contribution in [1.82, 2.24) is 25.8 Å². The van der Waals surface area contributed by atoms with Crippen LogP contribution in [0.5, 0.6) is 17.2 Å². The van der Waals surface area contributed by atoms with Crippen LogP contribution in [0.1, 0.15) is 67.2 Å². The van der Waals surface area contributed by atoms with E-state index in [0.717, 1.165) is 10.5 Å². The average molecular weight is 903 g/mol. The van der Waals surface area contributed by atoms with Crippen molar-refractivity contribution in [1.29, 1.82) is 0 Å². The fourth-order valence-corrected chi connectivity index (χ4v) is 7.15. The number of aliphatic carboxylic acids is 1. The molecule has 12 N–H and O–H groups in total. The molecule has 0 saturated heterocycles. The first kappa shape index (κ1) is 48.6. The highest BCUT2D eigenvalue weighted by atomic mass is 35.5. The Morgan fingerprint density at radius 3 is 2.31 bits per heavy atom. The van der Waals surface area contributed by atoms with Gasteiger partial charge < -0.3 is 62.8 Å². The number of anilines is 1. The number of carboxylic acid groups (broad SMARTS) is 1. The first-order valence-corrected chi connectivity index (χ1v) is 20.9. The standard InChI is InChI=1S/C45H55ClN8O10/c1-23-41(58)53-33(44(61)62)16-24-7-12-34(63-14-6-13-47)29(15-24)30-17-26(18-35(39(30)57)64-22-28(55)20-48)38(43(60)51-23)54(5)36(56)21-50-42(59)37-31(46)19-32(52-40(37)49)25-8-10-27(11-9-25)45(2,3)4/h7-12,15,17-19,23,28,33,38,55,57H,6,13-14,16,20-22,47-48H2,1-5H3,(H2,49,52)(H,50,59)(H,51,60)(H,53,58)(H,61,62)/t23-,28+,33-,38-/m0/s1. The van der Waals surface area contributed by atoms with Crippen LogP contribution in [0, 0.1) is 0 Å². The van der Waals surface area contributed by atoms with E-state index in [1.54, 1.807) is 18.2 Å². The van der Waals surface area contributed by atoms with Gasteiger partial charge in [-0.15, -0.1) is 0 Å². The summed E-state index contributed by atoms with van der Waals surface area (Å²) >= 11 is 6.59. The number of aliphatic hydroxyl groups is 1. The van der Waals surface area contributed by atoms with Crippen molar-refractivity contribution in [3.05, 3.63) is 87.9 Å². The molecule has 5 rings (SSSR count). The number of rotatable bonds is 14. The van der Waals surface area contributed by atoms with Gasteiger partial charge in [0.05, 0.1) is 23.9 Å². The second-order valence-corrected chi connectivity index (χ2v) is 16.8. The summed E-state index contributed by atoms with van der Waals surface area (Å²) in [4.78, 5) is 73.2. The number of nitrogens with two attached hydrogens (primary N) is 3. The molecule has 0 aliphatic carbocycles. The molecule has 2 heterocycles. The van der Waals surface area contributed by atoms with E-state index in [9.17, 15) is 39.3 Å². The smallest absolute Gasteiger partial charge is 0.326 e. The molecule has 1 aromatic heterocycles. The number of amides is 4. The number of benzene rings is 3. The van der Waals surface area contributed by atoms with Crippen LogP contribution in [0.25, 0.3) is 22.4 Å². The summed E-state index contributed by atoms with van der Waals surface area (Å²) in [7, 11) is 1.28. The Hall–Kier alpha value is -6.47. The van der Waals surface area contributed by atoms with Crippen LogP contribution in [-0.2, 0) is 31.0 Å². The van der Waals surface area contributed by atoms with Gasteiger partial charge in [-0.1, -0.05) is 62.7 Å². The molecule has 4 aromatic rings. The van der Waals surface area contributed by atoms with Crippen LogP contribution >= 0.6 is 11.6 Å². The highest BCUT2D eigenvalue weighted by Crippen LogP contribution is 2.45. The minimum absolute atomic E-state index is 0.0251. The van der Waals surface area contributed by atoms with E-state index in [2.05, 4.69) is 41.7 Å². The highest BCUT2D eigenvalue weighted by Gasteiger charge is 2.35. The summed E-state index contributed by atoms with van der Waals surface area (Å²) in [5.74, 6) is -5.36. The maximum Gasteiger partial charge on any atom is 0.326 e. The van der Waals surface area contributed by atoms with Gasteiger partial charge in [0.15, 0.2) is 11.5 Å². The zero-order valence-corrected chi connectivity index (χ0v) is 37.0. The van der Waals surface area contributed by atoms with Crippen molar-refractivity contribution >= 4 is 47.0 Å². The van der Waals surface area contributed by atoms with Crippen LogP contribution in [0.3, 0.4) is 0 Å². The maximum absolute atomic E-state index is 14.4. The Labute approximate surface area is 375 Å². The molecule has 0 saturated carbocycles. The number of hydrogen-bond donors (Lipinski definition) is 9. The molecule has 0 spiro atoms. The number of carbonyl (C=O) groups excluding carboxylic acids is 4. The molecule has 4 atom stereocenters. The average Bonchev–Trinajstić information content (AvgIpc) is 3.24. The lowest BCUT2D eigenvalue weighted by Gasteiger charge is -2.30. The first-order valence-electron chi connectivity index (χ1n) is 20.5. The molecule has 0 radical (unpaired) electrons. The van der Waals surface area contributed by atoms with Crippen molar-refractivity contribution in [3.63, 3.8) is 0 Å². The van der Waals surface area contributed by atoms with Crippen LogP contribution in [0.4, 0.5) is 5.82 Å². The van der Waals surface area contributed by atoms with E-state index in [1.807, 2.05) is 24.3 Å².